The third kappa shape index (κ3) is 2.98. The van der Waals surface area contributed by atoms with E-state index in [9.17, 15) is 13.2 Å². The highest BCUT2D eigenvalue weighted by Gasteiger charge is 2.30. The first-order chi connectivity index (χ1) is 9.95. The third-order valence-electron chi connectivity index (χ3n) is 3.88. The van der Waals surface area contributed by atoms with Crippen molar-refractivity contribution in [2.45, 2.75) is 25.6 Å². The van der Waals surface area contributed by atoms with E-state index in [4.69, 9.17) is 17.0 Å². The Labute approximate surface area is 124 Å². The summed E-state index contributed by atoms with van der Waals surface area (Å²) >= 11 is 5.25. The van der Waals surface area contributed by atoms with Gasteiger partial charge in [-0.25, -0.2) is 0 Å². The number of alkyl halides is 3. The molecule has 1 fully saturated rings. The molecule has 0 aliphatic carbocycles. The van der Waals surface area contributed by atoms with Crippen molar-refractivity contribution >= 4 is 23.3 Å². The maximum atomic E-state index is 12.7. The van der Waals surface area contributed by atoms with Gasteiger partial charge in [0, 0.05) is 19.8 Å². The van der Waals surface area contributed by atoms with Crippen molar-refractivity contribution in [1.82, 2.24) is 9.55 Å². The summed E-state index contributed by atoms with van der Waals surface area (Å²) in [5, 5.41) is 0. The summed E-state index contributed by atoms with van der Waals surface area (Å²) in [5.41, 5.74) is 0.492. The summed E-state index contributed by atoms with van der Waals surface area (Å²) in [4.78, 5) is 2.88. The minimum absolute atomic E-state index is 0.432. The first-order valence-electron chi connectivity index (χ1n) is 6.82. The fourth-order valence-electron chi connectivity index (χ4n) is 2.71. The van der Waals surface area contributed by atoms with Crippen LogP contribution in [0.2, 0.25) is 0 Å². The van der Waals surface area contributed by atoms with Gasteiger partial charge >= 0.3 is 6.18 Å². The van der Waals surface area contributed by atoms with Gasteiger partial charge in [-0.1, -0.05) is 0 Å². The monoisotopic (exact) mass is 316 g/mol. The van der Waals surface area contributed by atoms with Crippen LogP contribution >= 0.6 is 12.2 Å². The molecular formula is C14H15F3N2OS. The maximum absolute atomic E-state index is 12.7. The minimum Gasteiger partial charge on any atom is -0.381 e. The van der Waals surface area contributed by atoms with Gasteiger partial charge in [0.1, 0.15) is 0 Å². The highest BCUT2D eigenvalue weighted by Crippen LogP contribution is 2.31. The van der Waals surface area contributed by atoms with E-state index >= 15 is 0 Å². The smallest absolute Gasteiger partial charge is 0.381 e. The lowest BCUT2D eigenvalue weighted by Gasteiger charge is -2.22. The van der Waals surface area contributed by atoms with Crippen molar-refractivity contribution < 1.29 is 17.9 Å². The molecule has 1 N–H and O–H groups in total. The van der Waals surface area contributed by atoms with Crippen molar-refractivity contribution in [3.8, 4) is 0 Å². The van der Waals surface area contributed by atoms with Gasteiger partial charge < -0.3 is 14.3 Å². The molecule has 3 rings (SSSR count). The Balaban J connectivity index is 1.95. The second-order valence-electron chi connectivity index (χ2n) is 5.33. The molecule has 0 unspecified atom stereocenters. The SMILES string of the molecule is FC(F)(F)c1ccc2c(c1)[nH]c(=S)n2CC1CCOCC1. The fraction of sp³-hybridized carbons (Fsp3) is 0.500. The van der Waals surface area contributed by atoms with E-state index in [2.05, 4.69) is 4.98 Å². The number of imidazole rings is 1. The summed E-state index contributed by atoms with van der Waals surface area (Å²) in [6, 6.07) is 3.71. The van der Waals surface area contributed by atoms with E-state index in [1.54, 1.807) is 0 Å². The van der Waals surface area contributed by atoms with Crippen LogP contribution in [0, 0.1) is 10.7 Å². The van der Waals surface area contributed by atoms with E-state index in [0.29, 0.717) is 22.8 Å². The van der Waals surface area contributed by atoms with Gasteiger partial charge in [0.15, 0.2) is 4.77 Å². The topological polar surface area (TPSA) is 29.9 Å². The summed E-state index contributed by atoms with van der Waals surface area (Å²) in [5.74, 6) is 0.451. The predicted octanol–water partition coefficient (Wildman–Crippen LogP) is 4.14. The molecule has 2 aromatic rings. The summed E-state index contributed by atoms with van der Waals surface area (Å²) in [6.07, 6.45) is -2.43. The zero-order chi connectivity index (χ0) is 15.0. The predicted molar refractivity (Wildman–Crippen MR) is 75.7 cm³/mol. The zero-order valence-corrected chi connectivity index (χ0v) is 12.1. The lowest BCUT2D eigenvalue weighted by molar-refractivity contribution is -0.137. The fourth-order valence-corrected chi connectivity index (χ4v) is 2.99. The van der Waals surface area contributed by atoms with E-state index in [1.165, 1.54) is 6.07 Å². The van der Waals surface area contributed by atoms with E-state index < -0.39 is 11.7 Å². The van der Waals surface area contributed by atoms with Gasteiger partial charge in [-0.05, 0) is 49.2 Å². The second-order valence-corrected chi connectivity index (χ2v) is 5.71. The number of hydrogen-bond acceptors (Lipinski definition) is 2. The number of hydrogen-bond donors (Lipinski definition) is 1. The number of ether oxygens (including phenoxy) is 1. The van der Waals surface area contributed by atoms with Crippen LogP contribution in [0.25, 0.3) is 11.0 Å². The van der Waals surface area contributed by atoms with Gasteiger partial charge in [0.25, 0.3) is 0 Å². The Morgan fingerprint density at radius 3 is 2.67 bits per heavy atom. The number of benzene rings is 1. The van der Waals surface area contributed by atoms with Crippen LogP contribution in [0.5, 0.6) is 0 Å². The van der Waals surface area contributed by atoms with Crippen molar-refractivity contribution in [2.24, 2.45) is 5.92 Å². The number of nitrogens with zero attached hydrogens (tertiary/aromatic N) is 1. The zero-order valence-electron chi connectivity index (χ0n) is 11.2. The van der Waals surface area contributed by atoms with Crippen molar-refractivity contribution in [1.29, 1.82) is 0 Å². The Morgan fingerprint density at radius 2 is 2.00 bits per heavy atom. The standard InChI is InChI=1S/C14H15F3N2OS/c15-14(16,17)10-1-2-12-11(7-10)18-13(21)19(12)8-9-3-5-20-6-4-9/h1-2,7,9H,3-6,8H2,(H,18,21). The molecule has 2 heterocycles. The minimum atomic E-state index is -4.34. The maximum Gasteiger partial charge on any atom is 0.416 e. The number of halogens is 3. The molecule has 21 heavy (non-hydrogen) atoms. The summed E-state index contributed by atoms with van der Waals surface area (Å²) in [7, 11) is 0. The average molecular weight is 316 g/mol. The summed E-state index contributed by atoms with van der Waals surface area (Å²) in [6.45, 7) is 2.19. The first-order valence-corrected chi connectivity index (χ1v) is 7.23. The van der Waals surface area contributed by atoms with Crippen LogP contribution in [-0.4, -0.2) is 22.8 Å². The van der Waals surface area contributed by atoms with Crippen LogP contribution in [0.4, 0.5) is 13.2 Å². The first kappa shape index (κ1) is 14.6. The average Bonchev–Trinajstić information content (AvgIpc) is 2.75. The van der Waals surface area contributed by atoms with E-state index in [0.717, 1.165) is 43.7 Å². The summed E-state index contributed by atoms with van der Waals surface area (Å²) < 4.78 is 45.9. The molecule has 0 saturated carbocycles. The lowest BCUT2D eigenvalue weighted by Crippen LogP contribution is -2.20. The van der Waals surface area contributed by atoms with Gasteiger partial charge in [-0.3, -0.25) is 0 Å². The molecular weight excluding hydrogens is 301 g/mol. The van der Waals surface area contributed by atoms with Gasteiger partial charge in [0.05, 0.1) is 16.6 Å². The molecule has 114 valence electrons. The molecule has 1 aromatic carbocycles. The Kier molecular flexibility index (Phi) is 3.79. The molecule has 0 atom stereocenters. The third-order valence-corrected chi connectivity index (χ3v) is 4.21. The highest BCUT2D eigenvalue weighted by molar-refractivity contribution is 7.71. The molecule has 0 bridgehead atoms. The van der Waals surface area contributed by atoms with Crippen LogP contribution in [0.1, 0.15) is 18.4 Å². The van der Waals surface area contributed by atoms with Gasteiger partial charge in [-0.2, -0.15) is 13.2 Å². The molecule has 0 spiro atoms. The molecule has 7 heteroatoms. The van der Waals surface area contributed by atoms with Crippen molar-refractivity contribution in [2.75, 3.05) is 13.2 Å². The van der Waals surface area contributed by atoms with Crippen LogP contribution in [0.15, 0.2) is 18.2 Å². The Morgan fingerprint density at radius 1 is 1.29 bits per heavy atom. The quantitative estimate of drug-likeness (QED) is 0.844. The van der Waals surface area contributed by atoms with Gasteiger partial charge in [-0.15, -0.1) is 0 Å². The molecule has 1 saturated heterocycles. The highest BCUT2D eigenvalue weighted by atomic mass is 32.1. The second kappa shape index (κ2) is 5.46. The molecule has 0 radical (unpaired) electrons. The molecule has 0 amide bonds. The van der Waals surface area contributed by atoms with Crippen LogP contribution in [-0.2, 0) is 17.5 Å². The van der Waals surface area contributed by atoms with E-state index in [1.807, 2.05) is 4.57 Å². The lowest BCUT2D eigenvalue weighted by atomic mass is 10.0. The van der Waals surface area contributed by atoms with Gasteiger partial charge in [0.2, 0.25) is 0 Å². The normalized spacial score (nSPS) is 17.5. The number of aromatic nitrogens is 2. The molecule has 1 aliphatic heterocycles. The van der Waals surface area contributed by atoms with Crippen molar-refractivity contribution in [3.63, 3.8) is 0 Å². The largest absolute Gasteiger partial charge is 0.416 e. The molecule has 1 aromatic heterocycles. The van der Waals surface area contributed by atoms with Crippen LogP contribution in [0.3, 0.4) is 0 Å². The number of fused-ring (bicyclic) bond motifs is 1. The molecule has 1 aliphatic rings. The van der Waals surface area contributed by atoms with Crippen molar-refractivity contribution in [3.05, 3.63) is 28.5 Å². The van der Waals surface area contributed by atoms with Crippen LogP contribution < -0.4 is 0 Å². The number of H-pyrrole nitrogens is 1. The molecule has 3 nitrogen and oxygen atoms in total. The number of rotatable bonds is 2. The van der Waals surface area contributed by atoms with E-state index in [-0.39, 0.29) is 0 Å². The Hall–Kier alpha value is -1.34. The number of nitrogens with one attached hydrogen (secondary N) is 1. The Bertz CT molecular complexity index is 698. The number of aromatic amines is 1.